The Labute approximate surface area is 74.2 Å². The van der Waals surface area contributed by atoms with E-state index in [0.29, 0.717) is 12.8 Å². The monoisotopic (exact) mass is 170 g/mol. The fourth-order valence-corrected chi connectivity index (χ4v) is 1.07. The average molecular weight is 170 g/mol. The lowest BCUT2D eigenvalue weighted by Crippen LogP contribution is -2.28. The summed E-state index contributed by atoms with van der Waals surface area (Å²) < 4.78 is 0. The van der Waals surface area contributed by atoms with Crippen molar-refractivity contribution < 1.29 is 10.2 Å². The standard InChI is InChI=1S/C10H18O2/c1-3-5-7-10(8-11,9-12)6-4-2/h3-5,11-12H,2,6-9H2,1H3/b5-3+. The summed E-state index contributed by atoms with van der Waals surface area (Å²) >= 11 is 0. The first kappa shape index (κ1) is 11.4. The second kappa shape index (κ2) is 5.98. The van der Waals surface area contributed by atoms with Gasteiger partial charge in [-0.05, 0) is 19.8 Å². The summed E-state index contributed by atoms with van der Waals surface area (Å²) in [5, 5.41) is 18.2. The molecule has 0 aromatic rings. The third-order valence-corrected chi connectivity index (χ3v) is 2.03. The summed E-state index contributed by atoms with van der Waals surface area (Å²) in [6, 6.07) is 0. The molecule has 0 spiro atoms. The molecule has 12 heavy (non-hydrogen) atoms. The van der Waals surface area contributed by atoms with Gasteiger partial charge in [-0.15, -0.1) is 6.58 Å². The molecular formula is C10H18O2. The Kier molecular flexibility index (Phi) is 5.68. The van der Waals surface area contributed by atoms with Crippen LogP contribution in [0.5, 0.6) is 0 Å². The summed E-state index contributed by atoms with van der Waals surface area (Å²) in [7, 11) is 0. The predicted molar refractivity (Wildman–Crippen MR) is 50.8 cm³/mol. The van der Waals surface area contributed by atoms with Gasteiger partial charge in [-0.25, -0.2) is 0 Å². The quantitative estimate of drug-likeness (QED) is 0.593. The molecular weight excluding hydrogens is 152 g/mol. The van der Waals surface area contributed by atoms with Crippen LogP contribution in [0.15, 0.2) is 24.8 Å². The van der Waals surface area contributed by atoms with Gasteiger partial charge in [-0.3, -0.25) is 0 Å². The van der Waals surface area contributed by atoms with Gasteiger partial charge in [0, 0.05) is 5.41 Å². The van der Waals surface area contributed by atoms with Gasteiger partial charge in [0.05, 0.1) is 13.2 Å². The third kappa shape index (κ3) is 3.20. The van der Waals surface area contributed by atoms with E-state index in [-0.39, 0.29) is 13.2 Å². The van der Waals surface area contributed by atoms with Gasteiger partial charge in [0.15, 0.2) is 0 Å². The van der Waals surface area contributed by atoms with Gasteiger partial charge in [-0.2, -0.15) is 0 Å². The first-order valence-corrected chi connectivity index (χ1v) is 4.18. The van der Waals surface area contributed by atoms with Crippen LogP contribution in [0.25, 0.3) is 0 Å². The van der Waals surface area contributed by atoms with Crippen LogP contribution in [-0.2, 0) is 0 Å². The van der Waals surface area contributed by atoms with Crippen molar-refractivity contribution in [1.29, 1.82) is 0 Å². The number of rotatable bonds is 6. The van der Waals surface area contributed by atoms with Crippen molar-refractivity contribution >= 4 is 0 Å². The molecule has 2 nitrogen and oxygen atoms in total. The van der Waals surface area contributed by atoms with E-state index in [1.54, 1.807) is 6.08 Å². The van der Waals surface area contributed by atoms with E-state index in [2.05, 4.69) is 6.58 Å². The summed E-state index contributed by atoms with van der Waals surface area (Å²) in [6.45, 7) is 5.53. The zero-order valence-corrected chi connectivity index (χ0v) is 7.66. The van der Waals surface area contributed by atoms with Crippen molar-refractivity contribution in [1.82, 2.24) is 0 Å². The zero-order valence-electron chi connectivity index (χ0n) is 7.66. The van der Waals surface area contributed by atoms with Crippen molar-refractivity contribution in [3.8, 4) is 0 Å². The Balaban J connectivity index is 4.22. The van der Waals surface area contributed by atoms with Crippen LogP contribution < -0.4 is 0 Å². The van der Waals surface area contributed by atoms with Crippen LogP contribution in [-0.4, -0.2) is 23.4 Å². The smallest absolute Gasteiger partial charge is 0.0515 e. The van der Waals surface area contributed by atoms with E-state index in [9.17, 15) is 0 Å². The highest BCUT2D eigenvalue weighted by atomic mass is 16.3. The molecule has 0 radical (unpaired) electrons. The molecule has 2 N–H and O–H groups in total. The number of hydrogen-bond donors (Lipinski definition) is 2. The Morgan fingerprint density at radius 3 is 2.17 bits per heavy atom. The fraction of sp³-hybridized carbons (Fsp3) is 0.600. The molecule has 0 fully saturated rings. The lowest BCUT2D eigenvalue weighted by Gasteiger charge is -2.26. The maximum absolute atomic E-state index is 9.09. The van der Waals surface area contributed by atoms with Gasteiger partial charge in [0.1, 0.15) is 0 Å². The van der Waals surface area contributed by atoms with Gasteiger partial charge in [-0.1, -0.05) is 18.2 Å². The third-order valence-electron chi connectivity index (χ3n) is 2.03. The summed E-state index contributed by atoms with van der Waals surface area (Å²) in [5.74, 6) is 0. The second-order valence-electron chi connectivity index (χ2n) is 3.08. The molecule has 0 heterocycles. The van der Waals surface area contributed by atoms with Crippen molar-refractivity contribution in [2.24, 2.45) is 5.41 Å². The maximum atomic E-state index is 9.09. The molecule has 0 aromatic heterocycles. The SMILES string of the molecule is C=CCC(CO)(CO)C/C=C/C. The van der Waals surface area contributed by atoms with Crippen molar-refractivity contribution in [3.05, 3.63) is 24.8 Å². The molecule has 0 unspecified atom stereocenters. The van der Waals surface area contributed by atoms with E-state index in [0.717, 1.165) is 0 Å². The average Bonchev–Trinajstić information content (AvgIpc) is 2.13. The fourth-order valence-electron chi connectivity index (χ4n) is 1.07. The molecule has 0 rings (SSSR count). The number of aliphatic hydroxyl groups excluding tert-OH is 2. The molecule has 70 valence electrons. The van der Waals surface area contributed by atoms with E-state index < -0.39 is 5.41 Å². The van der Waals surface area contributed by atoms with E-state index in [1.807, 2.05) is 19.1 Å². The van der Waals surface area contributed by atoms with E-state index in [4.69, 9.17) is 10.2 Å². The highest BCUT2D eigenvalue weighted by Gasteiger charge is 2.25. The number of allylic oxidation sites excluding steroid dienone is 3. The molecule has 0 amide bonds. The molecule has 0 aromatic carbocycles. The minimum absolute atomic E-state index is 0.000139. The first-order chi connectivity index (χ1) is 5.74. The molecule has 2 heteroatoms. The van der Waals surface area contributed by atoms with Crippen LogP contribution in [0.3, 0.4) is 0 Å². The van der Waals surface area contributed by atoms with Crippen LogP contribution in [0, 0.1) is 5.41 Å². The molecule has 0 saturated heterocycles. The lowest BCUT2D eigenvalue weighted by molar-refractivity contribution is 0.0593. The van der Waals surface area contributed by atoms with Crippen LogP contribution >= 0.6 is 0 Å². The highest BCUT2D eigenvalue weighted by Crippen LogP contribution is 2.26. The maximum Gasteiger partial charge on any atom is 0.0515 e. The second-order valence-corrected chi connectivity index (χ2v) is 3.08. The van der Waals surface area contributed by atoms with Crippen molar-refractivity contribution in [2.45, 2.75) is 19.8 Å². The molecule has 0 aliphatic rings. The van der Waals surface area contributed by atoms with Crippen LogP contribution in [0.4, 0.5) is 0 Å². The molecule has 0 bridgehead atoms. The Morgan fingerprint density at radius 2 is 1.83 bits per heavy atom. The molecule has 0 aliphatic carbocycles. The molecule has 0 saturated carbocycles. The van der Waals surface area contributed by atoms with E-state index in [1.165, 1.54) is 0 Å². The lowest BCUT2D eigenvalue weighted by atomic mass is 9.83. The topological polar surface area (TPSA) is 40.5 Å². The van der Waals surface area contributed by atoms with Gasteiger partial charge in [0.25, 0.3) is 0 Å². The zero-order chi connectivity index (χ0) is 9.45. The van der Waals surface area contributed by atoms with Crippen molar-refractivity contribution in [3.63, 3.8) is 0 Å². The minimum atomic E-state index is -0.408. The normalized spacial score (nSPS) is 12.2. The Bertz CT molecular complexity index is 146. The first-order valence-electron chi connectivity index (χ1n) is 4.18. The Hall–Kier alpha value is -0.600. The Morgan fingerprint density at radius 1 is 1.25 bits per heavy atom. The van der Waals surface area contributed by atoms with Crippen LogP contribution in [0.1, 0.15) is 19.8 Å². The van der Waals surface area contributed by atoms with Crippen molar-refractivity contribution in [2.75, 3.05) is 13.2 Å². The summed E-state index contributed by atoms with van der Waals surface area (Å²) in [4.78, 5) is 0. The summed E-state index contributed by atoms with van der Waals surface area (Å²) in [6.07, 6.45) is 6.95. The predicted octanol–water partition coefficient (Wildman–Crippen LogP) is 1.50. The van der Waals surface area contributed by atoms with Crippen LogP contribution in [0.2, 0.25) is 0 Å². The summed E-state index contributed by atoms with van der Waals surface area (Å²) in [5.41, 5.74) is -0.408. The number of aliphatic hydroxyl groups is 2. The minimum Gasteiger partial charge on any atom is -0.396 e. The van der Waals surface area contributed by atoms with Gasteiger partial charge < -0.3 is 10.2 Å². The molecule has 0 atom stereocenters. The molecule has 0 aliphatic heterocycles. The van der Waals surface area contributed by atoms with Gasteiger partial charge >= 0.3 is 0 Å². The number of hydrogen-bond acceptors (Lipinski definition) is 2. The van der Waals surface area contributed by atoms with Gasteiger partial charge in [0.2, 0.25) is 0 Å². The largest absolute Gasteiger partial charge is 0.396 e. The highest BCUT2D eigenvalue weighted by molar-refractivity contribution is 4.93. The van der Waals surface area contributed by atoms with E-state index >= 15 is 0 Å².